The van der Waals surface area contributed by atoms with Gasteiger partial charge in [0.1, 0.15) is 5.75 Å². The van der Waals surface area contributed by atoms with Crippen molar-refractivity contribution in [3.8, 4) is 5.75 Å². The molecule has 6 rings (SSSR count). The van der Waals surface area contributed by atoms with E-state index in [2.05, 4.69) is 58.0 Å². The van der Waals surface area contributed by atoms with Crippen molar-refractivity contribution >= 4 is 33.6 Å². The van der Waals surface area contributed by atoms with Crippen LogP contribution in [0.1, 0.15) is 30.9 Å². The third-order valence-corrected chi connectivity index (χ3v) is 8.95. The zero-order chi connectivity index (χ0) is 27.6. The summed E-state index contributed by atoms with van der Waals surface area (Å²) in [5, 5.41) is 11.9. The maximum Gasteiger partial charge on any atom is 0.416 e. The lowest BCUT2D eigenvalue weighted by molar-refractivity contribution is 0.145. The Kier molecular flexibility index (Phi) is 7.67. The zero-order valence-electron chi connectivity index (χ0n) is 23.7. The molecule has 0 amide bonds. The van der Waals surface area contributed by atoms with Crippen LogP contribution >= 0.6 is 0 Å². The van der Waals surface area contributed by atoms with E-state index in [-0.39, 0.29) is 0 Å². The molecule has 210 valence electrons. The minimum absolute atomic E-state index is 0.591. The van der Waals surface area contributed by atoms with Crippen molar-refractivity contribution < 1.29 is 14.6 Å². The van der Waals surface area contributed by atoms with Crippen LogP contribution in [0, 0.1) is 0 Å². The number of para-hydroxylation sites is 1. The van der Waals surface area contributed by atoms with Crippen molar-refractivity contribution in [2.45, 2.75) is 38.6 Å². The number of benzene rings is 3. The Balaban J connectivity index is 1.09. The first-order valence-electron chi connectivity index (χ1n) is 14.7. The summed E-state index contributed by atoms with van der Waals surface area (Å²) < 4.78 is 7.05. The highest BCUT2D eigenvalue weighted by molar-refractivity contribution is 6.12. The summed E-state index contributed by atoms with van der Waals surface area (Å²) in [6.07, 6.45) is 3.62. The van der Waals surface area contributed by atoms with Crippen LogP contribution < -0.4 is 9.64 Å². The second kappa shape index (κ2) is 11.5. The highest BCUT2D eigenvalue weighted by atomic mass is 16.5. The molecule has 2 heterocycles. The molecule has 1 atom stereocenters. The van der Waals surface area contributed by atoms with Gasteiger partial charge in [-0.3, -0.25) is 9.80 Å². The van der Waals surface area contributed by atoms with Gasteiger partial charge in [0.05, 0.1) is 18.1 Å². The Hall–Kier alpha value is -3.55. The number of rotatable bonds is 8. The average Bonchev–Trinajstić information content (AvgIpc) is 3.33. The van der Waals surface area contributed by atoms with Crippen LogP contribution in [-0.4, -0.2) is 84.5 Å². The molecule has 0 bridgehead atoms. The molecular formula is C33H40N4O3. The maximum absolute atomic E-state index is 12.1. The summed E-state index contributed by atoms with van der Waals surface area (Å²) in [5.74, 6) is 1.04. The molecule has 1 aliphatic heterocycles. The van der Waals surface area contributed by atoms with Crippen LogP contribution in [-0.2, 0) is 12.8 Å². The van der Waals surface area contributed by atoms with Gasteiger partial charge in [0.2, 0.25) is 0 Å². The Morgan fingerprint density at radius 3 is 2.55 bits per heavy atom. The fourth-order valence-corrected chi connectivity index (χ4v) is 6.88. The molecular weight excluding hydrogens is 500 g/mol. The monoisotopic (exact) mass is 540 g/mol. The number of hydrogen-bond donors (Lipinski definition) is 1. The van der Waals surface area contributed by atoms with Crippen molar-refractivity contribution in [3.05, 3.63) is 71.8 Å². The fourth-order valence-electron chi connectivity index (χ4n) is 6.88. The number of fused-ring (bicyclic) bond motifs is 4. The van der Waals surface area contributed by atoms with E-state index in [9.17, 15) is 9.90 Å². The van der Waals surface area contributed by atoms with E-state index in [1.165, 1.54) is 28.5 Å². The van der Waals surface area contributed by atoms with Gasteiger partial charge in [0.15, 0.2) is 0 Å². The van der Waals surface area contributed by atoms with Crippen LogP contribution in [0.4, 0.5) is 10.5 Å². The number of carbonyl (C=O) groups is 1. The quantitative estimate of drug-likeness (QED) is 0.308. The third kappa shape index (κ3) is 5.04. The van der Waals surface area contributed by atoms with Crippen LogP contribution in [0.15, 0.2) is 60.7 Å². The Bertz CT molecular complexity index is 1500. The summed E-state index contributed by atoms with van der Waals surface area (Å²) >= 11 is 0. The summed E-state index contributed by atoms with van der Waals surface area (Å²) in [7, 11) is 1.78. The molecule has 3 aromatic carbocycles. The number of anilines is 1. The van der Waals surface area contributed by atoms with Gasteiger partial charge in [0, 0.05) is 61.8 Å². The van der Waals surface area contributed by atoms with Crippen molar-refractivity contribution in [2.24, 2.45) is 0 Å². The van der Waals surface area contributed by atoms with Gasteiger partial charge in [-0.25, -0.2) is 9.36 Å². The van der Waals surface area contributed by atoms with Crippen LogP contribution in [0.25, 0.3) is 21.8 Å². The molecule has 0 saturated carbocycles. The van der Waals surface area contributed by atoms with Gasteiger partial charge >= 0.3 is 6.09 Å². The van der Waals surface area contributed by atoms with Crippen LogP contribution in [0.3, 0.4) is 0 Å². The molecule has 1 N–H and O–H groups in total. The van der Waals surface area contributed by atoms with Crippen LogP contribution in [0.5, 0.6) is 5.75 Å². The van der Waals surface area contributed by atoms with E-state index < -0.39 is 6.09 Å². The SMILES string of the molecule is CCCN(CCN1CCN(c2ccc3c4ccccc4n(C(=O)O)c3c2)CC1)C1CCc2c(cccc2OC)C1. The first-order valence-corrected chi connectivity index (χ1v) is 14.7. The van der Waals surface area contributed by atoms with E-state index >= 15 is 0 Å². The lowest BCUT2D eigenvalue weighted by atomic mass is 9.86. The van der Waals surface area contributed by atoms with Crippen molar-refractivity contribution in [1.82, 2.24) is 14.4 Å². The highest BCUT2D eigenvalue weighted by Gasteiger charge is 2.27. The average molecular weight is 541 g/mol. The predicted octanol–water partition coefficient (Wildman–Crippen LogP) is 5.72. The predicted molar refractivity (Wildman–Crippen MR) is 162 cm³/mol. The standard InChI is InChI=1S/C33H40N4O3/c1-3-15-35(25-11-13-27-24(22-25)7-6-10-32(27)40-2)19-16-34-17-20-36(21-18-34)26-12-14-29-28-8-4-5-9-30(28)37(33(38)39)31(29)23-26/h4-10,12,14,23,25H,3,11,13,15-22H2,1-2H3,(H,38,39). The van der Waals surface area contributed by atoms with Crippen molar-refractivity contribution in [2.75, 3.05) is 57.8 Å². The molecule has 1 fully saturated rings. The zero-order valence-corrected chi connectivity index (χ0v) is 23.7. The number of carboxylic acid groups (broad SMARTS) is 1. The summed E-state index contributed by atoms with van der Waals surface area (Å²) in [5.41, 5.74) is 5.45. The molecule has 0 spiro atoms. The lowest BCUT2D eigenvalue weighted by Crippen LogP contribution is -2.50. The van der Waals surface area contributed by atoms with E-state index in [0.29, 0.717) is 6.04 Å². The summed E-state index contributed by atoms with van der Waals surface area (Å²) in [6.45, 7) is 9.54. The van der Waals surface area contributed by atoms with Gasteiger partial charge in [0.25, 0.3) is 0 Å². The van der Waals surface area contributed by atoms with Gasteiger partial charge in [-0.05, 0) is 67.6 Å². The van der Waals surface area contributed by atoms with Crippen molar-refractivity contribution in [3.63, 3.8) is 0 Å². The number of hydrogen-bond acceptors (Lipinski definition) is 5. The van der Waals surface area contributed by atoms with Crippen LogP contribution in [0.2, 0.25) is 0 Å². The molecule has 2 aliphatic rings. The van der Waals surface area contributed by atoms with E-state index in [1.54, 1.807) is 7.11 Å². The minimum Gasteiger partial charge on any atom is -0.496 e. The Labute approximate surface area is 236 Å². The molecule has 40 heavy (non-hydrogen) atoms. The summed E-state index contributed by atoms with van der Waals surface area (Å²) in [6, 6.07) is 21.1. The smallest absolute Gasteiger partial charge is 0.416 e. The number of aromatic nitrogens is 1. The van der Waals surface area contributed by atoms with Gasteiger partial charge in [-0.1, -0.05) is 43.3 Å². The molecule has 7 heteroatoms. The van der Waals surface area contributed by atoms with E-state index in [1.807, 2.05) is 24.3 Å². The van der Waals surface area contributed by atoms with Gasteiger partial charge in [-0.15, -0.1) is 0 Å². The molecule has 7 nitrogen and oxygen atoms in total. The second-order valence-electron chi connectivity index (χ2n) is 11.2. The Morgan fingerprint density at radius 1 is 0.975 bits per heavy atom. The number of methoxy groups -OCH3 is 1. The number of ether oxygens (including phenoxy) is 1. The first-order chi connectivity index (χ1) is 19.6. The fraction of sp³-hybridized carbons (Fsp3) is 0.424. The third-order valence-electron chi connectivity index (χ3n) is 8.95. The maximum atomic E-state index is 12.1. The molecule has 0 radical (unpaired) electrons. The minimum atomic E-state index is -0.939. The molecule has 1 saturated heterocycles. The van der Waals surface area contributed by atoms with Crippen molar-refractivity contribution in [1.29, 1.82) is 0 Å². The van der Waals surface area contributed by atoms with E-state index in [0.717, 1.165) is 91.9 Å². The molecule has 1 aromatic heterocycles. The normalized spacial score (nSPS) is 18.0. The molecule has 1 unspecified atom stereocenters. The summed E-state index contributed by atoms with van der Waals surface area (Å²) in [4.78, 5) is 19.8. The van der Waals surface area contributed by atoms with Gasteiger partial charge < -0.3 is 14.7 Å². The first kappa shape index (κ1) is 26.7. The lowest BCUT2D eigenvalue weighted by Gasteiger charge is -2.39. The highest BCUT2D eigenvalue weighted by Crippen LogP contribution is 2.33. The molecule has 1 aliphatic carbocycles. The number of nitrogens with zero attached hydrogens (tertiary/aromatic N) is 4. The number of piperazine rings is 1. The topological polar surface area (TPSA) is 61.2 Å². The van der Waals surface area contributed by atoms with E-state index in [4.69, 9.17) is 4.74 Å². The Morgan fingerprint density at radius 2 is 1.77 bits per heavy atom. The van der Waals surface area contributed by atoms with Gasteiger partial charge in [-0.2, -0.15) is 0 Å². The second-order valence-corrected chi connectivity index (χ2v) is 11.2. The largest absolute Gasteiger partial charge is 0.496 e. The molecule has 4 aromatic rings.